The van der Waals surface area contributed by atoms with E-state index >= 15 is 0 Å². The van der Waals surface area contributed by atoms with Crippen molar-refractivity contribution in [1.29, 1.82) is 0 Å². The average Bonchev–Trinajstić information content (AvgIpc) is 3.94. The van der Waals surface area contributed by atoms with Gasteiger partial charge in [0.2, 0.25) is 5.95 Å². The number of thiophene rings is 1. The number of hydrogen-bond donors (Lipinski definition) is 0. The summed E-state index contributed by atoms with van der Waals surface area (Å²) in [7, 11) is 0. The second kappa shape index (κ2) is 11.7. The van der Waals surface area contributed by atoms with Crippen molar-refractivity contribution < 1.29 is 4.42 Å². The second-order valence-corrected chi connectivity index (χ2v) is 15.2. The van der Waals surface area contributed by atoms with Crippen LogP contribution < -0.4 is 0 Å². The zero-order valence-electron chi connectivity index (χ0n) is 29.4. The molecule has 12 aromatic rings. The van der Waals surface area contributed by atoms with Crippen LogP contribution in [0.3, 0.4) is 0 Å². The zero-order valence-corrected chi connectivity index (χ0v) is 30.2. The first-order chi connectivity index (χ1) is 27.3. The molecule has 0 bridgehead atoms. The molecular weight excluding hydrogens is 691 g/mol. The fourth-order valence-corrected chi connectivity index (χ4v) is 9.83. The van der Waals surface area contributed by atoms with Crippen LogP contribution in [0.25, 0.3) is 114 Å². The number of para-hydroxylation sites is 2. The molecule has 0 saturated carbocycles. The predicted octanol–water partition coefficient (Wildman–Crippen LogP) is 14.0. The molecule has 0 aliphatic heterocycles. The molecule has 55 heavy (non-hydrogen) atoms. The van der Waals surface area contributed by atoms with Gasteiger partial charge in [0, 0.05) is 37.2 Å². The Morgan fingerprint density at radius 1 is 0.455 bits per heavy atom. The van der Waals surface area contributed by atoms with Gasteiger partial charge < -0.3 is 4.42 Å². The summed E-state index contributed by atoms with van der Waals surface area (Å²) in [5.74, 6) is 0.612. The molecule has 0 aliphatic rings. The number of aromatic nitrogens is 3. The highest BCUT2D eigenvalue weighted by Gasteiger charge is 2.25. The zero-order chi connectivity index (χ0) is 36.0. The average molecular weight is 720 g/mol. The van der Waals surface area contributed by atoms with E-state index in [0.717, 1.165) is 61.0 Å². The molecule has 0 unspecified atom stereocenters. The maximum Gasteiger partial charge on any atom is 0.236 e. The van der Waals surface area contributed by atoms with Gasteiger partial charge in [-0.25, -0.2) is 9.97 Å². The Labute approximate surface area is 319 Å². The van der Waals surface area contributed by atoms with E-state index in [0.29, 0.717) is 11.5 Å². The third kappa shape index (κ3) is 4.51. The van der Waals surface area contributed by atoms with Gasteiger partial charge in [0.05, 0.1) is 15.7 Å². The smallest absolute Gasteiger partial charge is 0.236 e. The predicted molar refractivity (Wildman–Crippen MR) is 230 cm³/mol. The summed E-state index contributed by atoms with van der Waals surface area (Å²) in [6.45, 7) is 0. The first kappa shape index (κ1) is 30.4. The van der Waals surface area contributed by atoms with Gasteiger partial charge in [0.15, 0.2) is 5.58 Å². The van der Waals surface area contributed by atoms with E-state index < -0.39 is 0 Å². The quantitative estimate of drug-likeness (QED) is 0.182. The van der Waals surface area contributed by atoms with Crippen LogP contribution in [0.5, 0.6) is 0 Å². The van der Waals surface area contributed by atoms with Crippen LogP contribution in [0, 0.1) is 0 Å². The maximum absolute atomic E-state index is 6.71. The van der Waals surface area contributed by atoms with Crippen LogP contribution in [0.2, 0.25) is 0 Å². The molecule has 12 rings (SSSR count). The lowest BCUT2D eigenvalue weighted by molar-refractivity contribution is 0.666. The van der Waals surface area contributed by atoms with Crippen LogP contribution in [-0.4, -0.2) is 14.5 Å². The minimum Gasteiger partial charge on any atom is -0.452 e. The molecule has 0 fully saturated rings. The lowest BCUT2D eigenvalue weighted by Gasteiger charge is -2.13. The number of fused-ring (bicyclic) bond motifs is 13. The van der Waals surface area contributed by atoms with E-state index in [1.165, 1.54) is 41.7 Å². The Morgan fingerprint density at radius 3 is 1.75 bits per heavy atom. The van der Waals surface area contributed by atoms with E-state index in [1.807, 2.05) is 23.5 Å². The van der Waals surface area contributed by atoms with Crippen LogP contribution in [0.15, 0.2) is 180 Å². The first-order valence-electron chi connectivity index (χ1n) is 18.5. The van der Waals surface area contributed by atoms with Crippen molar-refractivity contribution in [2.75, 3.05) is 0 Å². The molecule has 4 heterocycles. The standard InChI is InChI=1S/C50H29N3OS/c1-3-15-30(16-4-1)32-27-33(31-17-5-2-6-18-31)29-34(28-32)45-48-46(38-22-10-13-25-41(38)54-48)52-50(51-45)53-40-24-12-9-21-37(40)43-35-19-7-8-20-36(35)44-39-23-11-14-26-42(39)55-49(44)47(43)53/h1-29H. The monoisotopic (exact) mass is 719 g/mol. The lowest BCUT2D eigenvalue weighted by Crippen LogP contribution is -2.03. The van der Waals surface area contributed by atoms with Crippen molar-refractivity contribution in [1.82, 2.24) is 14.5 Å². The van der Waals surface area contributed by atoms with Crippen molar-refractivity contribution in [3.05, 3.63) is 176 Å². The molecule has 5 heteroatoms. The molecule has 256 valence electrons. The van der Waals surface area contributed by atoms with E-state index in [9.17, 15) is 0 Å². The molecule has 0 amide bonds. The van der Waals surface area contributed by atoms with Gasteiger partial charge in [0.25, 0.3) is 0 Å². The molecule has 0 atom stereocenters. The summed E-state index contributed by atoms with van der Waals surface area (Å²) in [4.78, 5) is 11.0. The maximum atomic E-state index is 6.71. The summed E-state index contributed by atoms with van der Waals surface area (Å²) in [5, 5.41) is 8.37. The number of rotatable bonds is 4. The van der Waals surface area contributed by atoms with Crippen LogP contribution in [0.1, 0.15) is 0 Å². The largest absolute Gasteiger partial charge is 0.452 e. The summed E-state index contributed by atoms with van der Waals surface area (Å²) in [5.41, 5.74) is 10.6. The van der Waals surface area contributed by atoms with Crippen molar-refractivity contribution in [2.24, 2.45) is 0 Å². The van der Waals surface area contributed by atoms with Crippen LogP contribution in [-0.2, 0) is 0 Å². The van der Waals surface area contributed by atoms with Gasteiger partial charge in [-0.05, 0) is 75.5 Å². The van der Waals surface area contributed by atoms with Crippen molar-refractivity contribution in [2.45, 2.75) is 0 Å². The van der Waals surface area contributed by atoms with E-state index in [1.54, 1.807) is 0 Å². The van der Waals surface area contributed by atoms with Gasteiger partial charge in [0.1, 0.15) is 16.8 Å². The summed E-state index contributed by atoms with van der Waals surface area (Å²) < 4.78 is 11.5. The third-order valence-electron chi connectivity index (χ3n) is 11.0. The van der Waals surface area contributed by atoms with Gasteiger partial charge in [-0.1, -0.05) is 133 Å². The minimum atomic E-state index is 0.612. The molecule has 0 radical (unpaired) electrons. The number of nitrogens with zero attached hydrogens (tertiary/aromatic N) is 3. The van der Waals surface area contributed by atoms with Crippen molar-refractivity contribution in [3.63, 3.8) is 0 Å². The molecule has 0 N–H and O–H groups in total. The van der Waals surface area contributed by atoms with Crippen molar-refractivity contribution >= 4 is 86.2 Å². The van der Waals surface area contributed by atoms with Gasteiger partial charge in [-0.3, -0.25) is 4.57 Å². The topological polar surface area (TPSA) is 43.9 Å². The Kier molecular flexibility index (Phi) is 6.47. The third-order valence-corrected chi connectivity index (χ3v) is 12.2. The number of benzene rings is 8. The van der Waals surface area contributed by atoms with Crippen molar-refractivity contribution in [3.8, 4) is 39.5 Å². The molecule has 0 spiro atoms. The second-order valence-electron chi connectivity index (χ2n) is 14.1. The van der Waals surface area contributed by atoms with E-state index in [4.69, 9.17) is 14.4 Å². The van der Waals surface area contributed by atoms with E-state index in [2.05, 4.69) is 168 Å². The fourth-order valence-electron chi connectivity index (χ4n) is 8.57. The Bertz CT molecular complexity index is 3430. The molecule has 4 nitrogen and oxygen atoms in total. The molecule has 4 aromatic heterocycles. The summed E-state index contributed by atoms with van der Waals surface area (Å²) in [6.07, 6.45) is 0. The highest BCUT2D eigenvalue weighted by atomic mass is 32.1. The fraction of sp³-hybridized carbons (Fsp3) is 0. The van der Waals surface area contributed by atoms with Crippen LogP contribution >= 0.6 is 11.3 Å². The minimum absolute atomic E-state index is 0.612. The highest BCUT2D eigenvalue weighted by molar-refractivity contribution is 7.27. The summed E-state index contributed by atoms with van der Waals surface area (Å²) in [6, 6.07) is 62.3. The van der Waals surface area contributed by atoms with Gasteiger partial charge in [-0.15, -0.1) is 11.3 Å². The molecule has 8 aromatic carbocycles. The van der Waals surface area contributed by atoms with Gasteiger partial charge in [-0.2, -0.15) is 0 Å². The SMILES string of the molecule is c1ccc(-c2cc(-c3ccccc3)cc(-c3nc(-n4c5ccccc5c5c6ccccc6c6c7ccccc7sc6c54)nc4c3oc3ccccc34)c2)cc1. The first-order valence-corrected chi connectivity index (χ1v) is 19.3. The molecule has 0 aliphatic carbocycles. The van der Waals surface area contributed by atoms with E-state index in [-0.39, 0.29) is 0 Å². The highest BCUT2D eigenvalue weighted by Crippen LogP contribution is 2.48. The Balaban J connectivity index is 1.25. The summed E-state index contributed by atoms with van der Waals surface area (Å²) >= 11 is 1.84. The van der Waals surface area contributed by atoms with Crippen LogP contribution in [0.4, 0.5) is 0 Å². The molecular formula is C50H29N3OS. The lowest BCUT2D eigenvalue weighted by atomic mass is 9.95. The van der Waals surface area contributed by atoms with Gasteiger partial charge >= 0.3 is 0 Å². The molecule has 0 saturated heterocycles. The number of hydrogen-bond acceptors (Lipinski definition) is 4. The number of furan rings is 1. The Morgan fingerprint density at radius 2 is 1.02 bits per heavy atom. The Hall–Kier alpha value is -7.08. The normalized spacial score (nSPS) is 12.0.